The number of carboxylic acids is 1. The number of hydrogen-bond donors (Lipinski definition) is 3. The number of carboxylic acid groups (broad SMARTS) is 1. The molecule has 0 aromatic heterocycles. The number of carbonyl (C=O) groups is 8. The first-order valence-electron chi connectivity index (χ1n) is 20.7. The Morgan fingerprint density at radius 2 is 1.12 bits per heavy atom. The van der Waals surface area contributed by atoms with Crippen LogP contribution in [0.5, 0.6) is 0 Å². The molecule has 0 bridgehead atoms. The second-order valence-corrected chi connectivity index (χ2v) is 15.0. The number of halogens is 2. The van der Waals surface area contributed by atoms with Gasteiger partial charge in [-0.3, -0.25) is 34.0 Å². The molecule has 0 spiro atoms. The summed E-state index contributed by atoms with van der Waals surface area (Å²) in [5.41, 5.74) is 0. The highest BCUT2D eigenvalue weighted by molar-refractivity contribution is 7.45. The quantitative estimate of drug-likeness (QED) is 0.0526. The molecule has 2 saturated heterocycles. The van der Waals surface area contributed by atoms with Crippen molar-refractivity contribution in [3.63, 3.8) is 0 Å². The van der Waals surface area contributed by atoms with Crippen LogP contribution in [0.3, 0.4) is 0 Å². The number of amides is 4. The maximum atomic E-state index is 11.4. The molecule has 65 heavy (non-hydrogen) atoms. The normalized spacial score (nSPS) is 12.4. The van der Waals surface area contributed by atoms with E-state index < -0.39 is 35.6 Å². The van der Waals surface area contributed by atoms with E-state index in [1.807, 2.05) is 41.8 Å². The molecule has 0 radical (unpaired) electrons. The summed E-state index contributed by atoms with van der Waals surface area (Å²) in [5, 5.41) is 21.7. The van der Waals surface area contributed by atoms with Gasteiger partial charge in [0.05, 0.1) is 24.4 Å². The molecule has 2 aliphatic rings. The molecule has 21 nitrogen and oxygen atoms in total. The fourth-order valence-corrected chi connectivity index (χ4v) is 3.11. The molecule has 0 aromatic rings. The summed E-state index contributed by atoms with van der Waals surface area (Å²) in [5.74, 6) is -4.06. The first-order valence-corrected chi connectivity index (χ1v) is 21.1. The van der Waals surface area contributed by atoms with Gasteiger partial charge in [-0.05, 0) is 80.8 Å². The number of hydrogen-bond acceptors (Lipinski definition) is 19. The molecular weight excluding hydrogens is 913 g/mol. The third-order valence-electron chi connectivity index (χ3n) is 7.16. The lowest BCUT2D eigenvalue weighted by atomic mass is 10.1. The molecule has 4 amide bonds. The first kappa shape index (κ1) is 75.0. The van der Waals surface area contributed by atoms with Crippen LogP contribution in [-0.2, 0) is 60.4 Å². The SMILES string of the molecule is CC(=O)C(C)C.CC(C)C(=O)ON1C(=O)CCC1=O.CC(C)C(=O)[O-].CCN=C=NCCCN(C)C.CCNC(=NCCCN(C)C)OC(=O)C(C)C.Cl.Cl.N=S.O=C1CCC(=O)N1O. The maximum Gasteiger partial charge on any atom is 0.335 e. The van der Waals surface area contributed by atoms with Gasteiger partial charge in [-0.2, -0.15) is 5.06 Å². The van der Waals surface area contributed by atoms with Crippen molar-refractivity contribution in [3.8, 4) is 0 Å². The molecule has 0 unspecified atom stereocenters. The molecule has 0 aromatic carbocycles. The Hall–Kier alpha value is -4.31. The van der Waals surface area contributed by atoms with E-state index in [9.17, 15) is 43.5 Å². The summed E-state index contributed by atoms with van der Waals surface area (Å²) in [6, 6.07) is 2.98. The molecule has 2 aliphatic heterocycles. The van der Waals surface area contributed by atoms with E-state index >= 15 is 0 Å². The van der Waals surface area contributed by atoms with Crippen LogP contribution in [0.1, 0.15) is 115 Å². The van der Waals surface area contributed by atoms with Gasteiger partial charge in [-0.25, -0.2) is 24.6 Å². The van der Waals surface area contributed by atoms with Crippen molar-refractivity contribution in [1.29, 1.82) is 4.78 Å². The predicted molar refractivity (Wildman–Crippen MR) is 253 cm³/mol. The van der Waals surface area contributed by atoms with Crippen LogP contribution < -0.4 is 10.4 Å². The molecule has 0 aliphatic carbocycles. The molecule has 24 heteroatoms. The molecule has 0 atom stereocenters. The summed E-state index contributed by atoms with van der Waals surface area (Å²) in [4.78, 5) is 106. The summed E-state index contributed by atoms with van der Waals surface area (Å²) in [7, 11) is 8.16. The minimum atomic E-state index is -0.991. The number of ketones is 1. The molecule has 3 N–H and O–H groups in total. The Balaban J connectivity index is -0.000000127. The molecule has 2 rings (SSSR count). The number of nitrogens with zero attached hydrogens (tertiary/aromatic N) is 7. The van der Waals surface area contributed by atoms with Crippen molar-refractivity contribution < 1.29 is 58.2 Å². The number of Topliss-reactive ketones (excluding diaryl/α,β-unsaturated/α-hetero) is 1. The number of hydroxylamine groups is 4. The number of esters is 1. The topological polar surface area (TPSA) is 284 Å². The van der Waals surface area contributed by atoms with E-state index in [1.54, 1.807) is 48.5 Å². The van der Waals surface area contributed by atoms with Crippen LogP contribution in [0, 0.1) is 28.5 Å². The number of carbonyl (C=O) groups excluding carboxylic acids is 8. The number of rotatable bonds is 15. The van der Waals surface area contributed by atoms with Gasteiger partial charge in [-0.1, -0.05) is 55.4 Å². The zero-order valence-corrected chi connectivity index (χ0v) is 43.5. The van der Waals surface area contributed by atoms with Crippen LogP contribution in [0.25, 0.3) is 0 Å². The monoisotopic (exact) mass is 990 g/mol. The number of ether oxygens (including phenoxy) is 1. The van der Waals surface area contributed by atoms with Crippen molar-refractivity contribution in [3.05, 3.63) is 0 Å². The van der Waals surface area contributed by atoms with E-state index in [1.165, 1.54) is 0 Å². The molecular formula is C41H78Cl2N9O12S-. The summed E-state index contributed by atoms with van der Waals surface area (Å²) < 4.78 is 10.5. The van der Waals surface area contributed by atoms with Crippen molar-refractivity contribution in [2.45, 2.75) is 115 Å². The average molecular weight is 992 g/mol. The highest BCUT2D eigenvalue weighted by atomic mass is 35.5. The van der Waals surface area contributed by atoms with Crippen LogP contribution >= 0.6 is 24.8 Å². The fourth-order valence-electron chi connectivity index (χ4n) is 3.11. The molecule has 380 valence electrons. The van der Waals surface area contributed by atoms with Gasteiger partial charge in [0.1, 0.15) is 5.78 Å². The van der Waals surface area contributed by atoms with Crippen LogP contribution in [-0.4, -0.2) is 152 Å². The number of amidine groups is 1. The van der Waals surface area contributed by atoms with Crippen LogP contribution in [0.2, 0.25) is 0 Å². The second-order valence-electron chi connectivity index (χ2n) is 15.0. The Bertz CT molecular complexity index is 1410. The Morgan fingerprint density at radius 3 is 1.42 bits per heavy atom. The van der Waals surface area contributed by atoms with Crippen molar-refractivity contribution in [2.24, 2.45) is 38.6 Å². The molecule has 0 saturated carbocycles. The smallest absolute Gasteiger partial charge is 0.335 e. The number of imide groups is 2. The number of aliphatic carboxylic acids is 1. The zero-order chi connectivity index (χ0) is 50.2. The van der Waals surface area contributed by atoms with Crippen LogP contribution in [0.4, 0.5) is 0 Å². The van der Waals surface area contributed by atoms with E-state index in [-0.39, 0.29) is 91.0 Å². The lowest BCUT2D eigenvalue weighted by Crippen LogP contribution is -2.33. The van der Waals surface area contributed by atoms with E-state index in [4.69, 9.17) is 14.7 Å². The zero-order valence-electron chi connectivity index (χ0n) is 41.1. The van der Waals surface area contributed by atoms with Gasteiger partial charge in [0.25, 0.3) is 29.7 Å². The number of aliphatic imine (C=N–C) groups is 3. The third-order valence-corrected chi connectivity index (χ3v) is 7.16. The minimum absolute atomic E-state index is 0. The maximum absolute atomic E-state index is 11.4. The van der Waals surface area contributed by atoms with Gasteiger partial charge in [0.15, 0.2) is 0 Å². The molecule has 2 heterocycles. The first-order chi connectivity index (χ1) is 29.3. The fraction of sp³-hybridized carbons (Fsp3) is 0.756. The van der Waals surface area contributed by atoms with Gasteiger partial charge in [0.2, 0.25) is 0 Å². The highest BCUT2D eigenvalue weighted by Crippen LogP contribution is 2.13. The lowest BCUT2D eigenvalue weighted by molar-refractivity contribution is -0.310. The van der Waals surface area contributed by atoms with Crippen molar-refractivity contribution >= 4 is 96.6 Å². The minimum Gasteiger partial charge on any atom is -0.550 e. The van der Waals surface area contributed by atoms with Crippen LogP contribution in [0.15, 0.2) is 15.0 Å². The number of nitrogens with one attached hydrogen (secondary N) is 2. The van der Waals surface area contributed by atoms with Gasteiger partial charge in [-0.15, -0.1) is 29.9 Å². The van der Waals surface area contributed by atoms with Gasteiger partial charge in [0, 0.05) is 69.6 Å². The Kier molecular flexibility index (Phi) is 55.0. The second kappa shape index (κ2) is 47.6. The Morgan fingerprint density at radius 1 is 0.738 bits per heavy atom. The average Bonchev–Trinajstić information content (AvgIpc) is 3.68. The van der Waals surface area contributed by atoms with E-state index in [0.717, 1.165) is 39.0 Å². The summed E-state index contributed by atoms with van der Waals surface area (Å²) in [6.45, 7) is 24.3. The largest absolute Gasteiger partial charge is 0.550 e. The van der Waals surface area contributed by atoms with Gasteiger partial charge < -0.3 is 34.6 Å². The third kappa shape index (κ3) is 49.0. The summed E-state index contributed by atoms with van der Waals surface area (Å²) >= 11 is 3.33. The van der Waals surface area contributed by atoms with Gasteiger partial charge >= 0.3 is 11.9 Å². The van der Waals surface area contributed by atoms with E-state index in [0.29, 0.717) is 24.2 Å². The molecule has 2 fully saturated rings. The van der Waals surface area contributed by atoms with Crippen molar-refractivity contribution in [2.75, 3.05) is 67.5 Å². The predicted octanol–water partition coefficient (Wildman–Crippen LogP) is 3.77. The summed E-state index contributed by atoms with van der Waals surface area (Å²) in [6.07, 6.45) is 2.58. The standard InChI is InChI=1S/C12H25N3O2.C8H17N3.C8H11NO4.C5H10O.C4H5NO3.C4H8O2.2ClH.HNS/c1-6-13-12(17-11(16)10(2)3)14-8-7-9-15(4)5;1-4-9-8-10-6-5-7-11(2)3;1-5(2)8(12)13-9-6(10)3-4-7(9)11;1-4(2)5(3)6;6-3-1-2-4(7)5(3)8;1-3(2)4(5)6;;;1-2/h10H,6-9H2,1-5H3,(H,13,14);4-7H2,1-3H3;5H,3-4H2,1-2H3;4H,1-3H3;8H,1-2H2;3H,1-2H3,(H,5,6);2*1H;1H/p-1. The highest BCUT2D eigenvalue weighted by Gasteiger charge is 2.33. The van der Waals surface area contributed by atoms with E-state index in [2.05, 4.69) is 67.5 Å². The Labute approximate surface area is 404 Å². The van der Waals surface area contributed by atoms with Crippen molar-refractivity contribution in [1.82, 2.24) is 25.2 Å². The lowest BCUT2D eigenvalue weighted by Gasteiger charge is -2.13.